The number of rotatable bonds is 5. The Balaban J connectivity index is 1.18. The molecule has 11 rings (SSSR count). The molecule has 0 atom stereocenters. The van der Waals surface area contributed by atoms with E-state index in [1.165, 1.54) is 72.3 Å². The first kappa shape index (κ1) is 38.7. The average molecular weight is 812 g/mol. The molecule has 0 unspecified atom stereocenters. The summed E-state index contributed by atoms with van der Waals surface area (Å²) in [4.78, 5) is 15.6. The maximum absolute atomic E-state index is 5.29. The summed E-state index contributed by atoms with van der Waals surface area (Å²) in [6.07, 6.45) is 0. The van der Waals surface area contributed by atoms with Crippen LogP contribution in [0.15, 0.2) is 188 Å². The molecule has 2 aliphatic carbocycles. The van der Waals surface area contributed by atoms with E-state index < -0.39 is 5.41 Å². The van der Waals surface area contributed by atoms with Crippen LogP contribution in [0.4, 0.5) is 0 Å². The highest BCUT2D eigenvalue weighted by molar-refractivity contribution is 6.00. The van der Waals surface area contributed by atoms with Crippen molar-refractivity contribution in [2.24, 2.45) is 0 Å². The first-order chi connectivity index (χ1) is 30.5. The Morgan fingerprint density at radius 2 is 0.714 bits per heavy atom. The SMILES string of the molecule is CC(C)(C)c1ccc(-c2ccc3c(c2)C2(c4cc(-c5ccc(C(C)(C)C)cc5)ccc4-3)c3ccccc3-c3c(-c4nc(-c5ccccc5)nc(-c5ccccc5)n4)cccc32)cc1. The Hall–Kier alpha value is -7.23. The molecule has 0 saturated heterocycles. The van der Waals surface area contributed by atoms with E-state index in [0.29, 0.717) is 17.5 Å². The summed E-state index contributed by atoms with van der Waals surface area (Å²) in [6, 6.07) is 68.9. The van der Waals surface area contributed by atoms with Gasteiger partial charge < -0.3 is 0 Å². The number of hydrogen-bond acceptors (Lipinski definition) is 3. The van der Waals surface area contributed by atoms with Crippen LogP contribution < -0.4 is 0 Å². The molecular formula is C60H49N3. The lowest BCUT2D eigenvalue weighted by Gasteiger charge is -2.31. The number of nitrogens with zero attached hydrogens (tertiary/aromatic N) is 3. The molecule has 63 heavy (non-hydrogen) atoms. The third-order valence-corrected chi connectivity index (χ3v) is 13.3. The van der Waals surface area contributed by atoms with Gasteiger partial charge in [0, 0.05) is 16.7 Å². The van der Waals surface area contributed by atoms with E-state index in [1.807, 2.05) is 36.4 Å². The van der Waals surface area contributed by atoms with Gasteiger partial charge in [-0.2, -0.15) is 0 Å². The van der Waals surface area contributed by atoms with Crippen LogP contribution in [-0.2, 0) is 16.2 Å². The van der Waals surface area contributed by atoms with Crippen molar-refractivity contribution < 1.29 is 0 Å². The van der Waals surface area contributed by atoms with E-state index >= 15 is 0 Å². The van der Waals surface area contributed by atoms with E-state index in [-0.39, 0.29) is 10.8 Å². The standard InChI is InChI=1S/C60H49N3/c1-58(2,3)44-30-24-38(25-31-44)42-28-34-46-47-35-29-43(39-26-32-45(33-27-39)59(4,5)6)37-53(47)60(52(46)36-42)50-22-14-13-20-48(50)54-49(21-15-23-51(54)60)57-62-55(40-16-9-7-10-17-40)61-56(63-57)41-18-11-8-12-19-41/h7-37H,1-6H3. The van der Waals surface area contributed by atoms with Gasteiger partial charge in [-0.15, -0.1) is 0 Å². The average Bonchev–Trinajstić information content (AvgIpc) is 3.78. The number of hydrogen-bond donors (Lipinski definition) is 0. The van der Waals surface area contributed by atoms with Crippen LogP contribution in [0.5, 0.6) is 0 Å². The zero-order valence-electron chi connectivity index (χ0n) is 36.7. The highest BCUT2D eigenvalue weighted by Crippen LogP contribution is 2.64. The molecule has 8 aromatic carbocycles. The molecule has 0 bridgehead atoms. The second kappa shape index (κ2) is 14.4. The lowest BCUT2D eigenvalue weighted by Crippen LogP contribution is -2.26. The molecule has 2 aliphatic rings. The fraction of sp³-hybridized carbons (Fsp3) is 0.150. The summed E-state index contributed by atoms with van der Waals surface area (Å²) in [5, 5.41) is 0. The summed E-state index contributed by atoms with van der Waals surface area (Å²) < 4.78 is 0. The molecule has 1 heterocycles. The summed E-state index contributed by atoms with van der Waals surface area (Å²) in [7, 11) is 0. The molecule has 0 N–H and O–H groups in total. The fourth-order valence-electron chi connectivity index (χ4n) is 10.0. The summed E-state index contributed by atoms with van der Waals surface area (Å²) in [6.45, 7) is 13.6. The van der Waals surface area contributed by atoms with Crippen molar-refractivity contribution in [2.75, 3.05) is 0 Å². The number of benzene rings is 8. The predicted octanol–water partition coefficient (Wildman–Crippen LogP) is 15.1. The van der Waals surface area contributed by atoms with E-state index in [1.54, 1.807) is 0 Å². The highest BCUT2D eigenvalue weighted by Gasteiger charge is 2.52. The smallest absolute Gasteiger partial charge is 0.164 e. The normalized spacial score (nSPS) is 13.4. The fourth-order valence-corrected chi connectivity index (χ4v) is 10.0. The third kappa shape index (κ3) is 6.29. The van der Waals surface area contributed by atoms with Gasteiger partial charge >= 0.3 is 0 Å². The number of fused-ring (bicyclic) bond motifs is 10. The van der Waals surface area contributed by atoms with Gasteiger partial charge in [0.1, 0.15) is 0 Å². The Labute approximate surface area is 371 Å². The molecule has 3 nitrogen and oxygen atoms in total. The molecule has 0 radical (unpaired) electrons. The predicted molar refractivity (Wildman–Crippen MR) is 261 cm³/mol. The van der Waals surface area contributed by atoms with Crippen molar-refractivity contribution in [2.45, 2.75) is 57.8 Å². The van der Waals surface area contributed by atoms with Crippen LogP contribution in [0.2, 0.25) is 0 Å². The Morgan fingerprint density at radius 3 is 1.21 bits per heavy atom. The van der Waals surface area contributed by atoms with Crippen LogP contribution >= 0.6 is 0 Å². The first-order valence-corrected chi connectivity index (χ1v) is 22.1. The second-order valence-corrected chi connectivity index (χ2v) is 19.2. The topological polar surface area (TPSA) is 38.7 Å². The number of aromatic nitrogens is 3. The van der Waals surface area contributed by atoms with Gasteiger partial charge in [-0.05, 0) is 101 Å². The van der Waals surface area contributed by atoms with Crippen LogP contribution in [0.25, 0.3) is 78.7 Å². The molecule has 0 aliphatic heterocycles. The molecule has 3 heteroatoms. The van der Waals surface area contributed by atoms with Crippen molar-refractivity contribution in [3.63, 3.8) is 0 Å². The maximum Gasteiger partial charge on any atom is 0.164 e. The summed E-state index contributed by atoms with van der Waals surface area (Å²) >= 11 is 0. The Bertz CT molecular complexity index is 3040. The Kier molecular flexibility index (Phi) is 8.86. The van der Waals surface area contributed by atoms with Crippen molar-refractivity contribution in [1.29, 1.82) is 0 Å². The van der Waals surface area contributed by atoms with Gasteiger partial charge in [-0.25, -0.2) is 15.0 Å². The molecule has 1 aromatic heterocycles. The van der Waals surface area contributed by atoms with E-state index in [9.17, 15) is 0 Å². The van der Waals surface area contributed by atoms with Crippen molar-refractivity contribution in [3.05, 3.63) is 221 Å². The minimum absolute atomic E-state index is 0.0736. The van der Waals surface area contributed by atoms with Crippen LogP contribution in [0, 0.1) is 0 Å². The molecule has 9 aromatic rings. The van der Waals surface area contributed by atoms with Crippen molar-refractivity contribution in [3.8, 4) is 78.7 Å². The van der Waals surface area contributed by atoms with Gasteiger partial charge in [-0.3, -0.25) is 0 Å². The van der Waals surface area contributed by atoms with Crippen molar-refractivity contribution in [1.82, 2.24) is 15.0 Å². The molecule has 1 spiro atoms. The summed E-state index contributed by atoms with van der Waals surface area (Å²) in [5.41, 5.74) is 19.9. The van der Waals surface area contributed by atoms with Crippen LogP contribution in [-0.4, -0.2) is 15.0 Å². The van der Waals surface area contributed by atoms with Crippen LogP contribution in [0.3, 0.4) is 0 Å². The van der Waals surface area contributed by atoms with Gasteiger partial charge in [0.25, 0.3) is 0 Å². The van der Waals surface area contributed by atoms with Gasteiger partial charge in [0.15, 0.2) is 17.5 Å². The summed E-state index contributed by atoms with van der Waals surface area (Å²) in [5.74, 6) is 1.96. The Morgan fingerprint density at radius 1 is 0.302 bits per heavy atom. The minimum atomic E-state index is -0.604. The monoisotopic (exact) mass is 811 g/mol. The van der Waals surface area contributed by atoms with Gasteiger partial charge in [0.05, 0.1) is 5.41 Å². The molecule has 304 valence electrons. The molecule has 0 fully saturated rings. The van der Waals surface area contributed by atoms with Gasteiger partial charge in [-0.1, -0.05) is 217 Å². The zero-order chi connectivity index (χ0) is 43.1. The molecular weight excluding hydrogens is 763 g/mol. The first-order valence-electron chi connectivity index (χ1n) is 22.1. The highest BCUT2D eigenvalue weighted by atomic mass is 15.0. The van der Waals surface area contributed by atoms with Crippen LogP contribution in [0.1, 0.15) is 74.9 Å². The molecule has 0 saturated carbocycles. The second-order valence-electron chi connectivity index (χ2n) is 19.2. The lowest BCUT2D eigenvalue weighted by atomic mass is 9.69. The maximum atomic E-state index is 5.29. The quantitative estimate of drug-likeness (QED) is 0.174. The minimum Gasteiger partial charge on any atom is -0.208 e. The third-order valence-electron chi connectivity index (χ3n) is 13.3. The van der Waals surface area contributed by atoms with E-state index in [0.717, 1.165) is 22.3 Å². The van der Waals surface area contributed by atoms with Gasteiger partial charge in [0.2, 0.25) is 0 Å². The molecule has 0 amide bonds. The van der Waals surface area contributed by atoms with Crippen molar-refractivity contribution >= 4 is 0 Å². The largest absolute Gasteiger partial charge is 0.208 e. The van der Waals surface area contributed by atoms with E-state index in [4.69, 9.17) is 15.0 Å². The zero-order valence-corrected chi connectivity index (χ0v) is 36.7. The van der Waals surface area contributed by atoms with E-state index in [2.05, 4.69) is 193 Å². The lowest BCUT2D eigenvalue weighted by molar-refractivity contribution is 0.590.